The van der Waals surface area contributed by atoms with Crippen LogP contribution in [0.4, 0.5) is 11.4 Å². The summed E-state index contributed by atoms with van der Waals surface area (Å²) < 4.78 is 2.18. The van der Waals surface area contributed by atoms with Crippen LogP contribution in [0.3, 0.4) is 0 Å². The van der Waals surface area contributed by atoms with Crippen molar-refractivity contribution in [1.82, 2.24) is 5.32 Å². The van der Waals surface area contributed by atoms with Crippen LogP contribution >= 0.6 is 21.6 Å². The number of anilines is 2. The molecule has 0 fully saturated rings. The van der Waals surface area contributed by atoms with Crippen molar-refractivity contribution in [2.75, 3.05) is 55.0 Å². The number of rotatable bonds is 17. The first kappa shape index (κ1) is 33.2. The number of hydrogen-bond donors (Lipinski definition) is 1. The van der Waals surface area contributed by atoms with Crippen molar-refractivity contribution < 1.29 is 4.57 Å². The second kappa shape index (κ2) is 19.0. The highest BCUT2D eigenvalue weighted by Gasteiger charge is 2.07. The molecule has 4 nitrogen and oxygen atoms in total. The van der Waals surface area contributed by atoms with E-state index in [0.29, 0.717) is 0 Å². The molecule has 42 heavy (non-hydrogen) atoms. The Morgan fingerprint density at radius 1 is 0.762 bits per heavy atom. The minimum atomic E-state index is 0.928. The largest absolute Gasteiger partial charge is 0.391 e. The maximum Gasteiger partial charge on any atom is 0.169 e. The van der Waals surface area contributed by atoms with E-state index in [9.17, 15) is 0 Å². The van der Waals surface area contributed by atoms with Crippen molar-refractivity contribution in [3.63, 3.8) is 0 Å². The van der Waals surface area contributed by atoms with E-state index < -0.39 is 0 Å². The fourth-order valence-corrected chi connectivity index (χ4v) is 6.43. The molecule has 0 aliphatic carbocycles. The molecule has 1 aromatic heterocycles. The Labute approximate surface area is 262 Å². The van der Waals surface area contributed by atoms with Crippen LogP contribution in [-0.2, 0) is 6.54 Å². The van der Waals surface area contributed by atoms with Crippen molar-refractivity contribution in [2.45, 2.75) is 27.3 Å². The van der Waals surface area contributed by atoms with Gasteiger partial charge in [-0.3, -0.25) is 0 Å². The van der Waals surface area contributed by atoms with Gasteiger partial charge in [0.25, 0.3) is 0 Å². The summed E-state index contributed by atoms with van der Waals surface area (Å²) in [4.78, 5) is 4.73. The molecule has 0 unspecified atom stereocenters. The molecular formula is C36H47N4S2+. The molecule has 0 saturated carbocycles. The lowest BCUT2D eigenvalue weighted by Crippen LogP contribution is -2.30. The van der Waals surface area contributed by atoms with E-state index in [1.54, 1.807) is 0 Å². The molecule has 2 aromatic carbocycles. The summed E-state index contributed by atoms with van der Waals surface area (Å²) in [6, 6.07) is 21.6. The van der Waals surface area contributed by atoms with Gasteiger partial charge in [-0.15, -0.1) is 0 Å². The summed E-state index contributed by atoms with van der Waals surface area (Å²) in [6.45, 7) is 10.3. The van der Waals surface area contributed by atoms with E-state index in [-0.39, 0.29) is 0 Å². The Balaban J connectivity index is 1.45. The average Bonchev–Trinajstić information content (AvgIpc) is 3.03. The quantitative estimate of drug-likeness (QED) is 0.0729. The van der Waals surface area contributed by atoms with Crippen molar-refractivity contribution in [3.05, 3.63) is 120 Å². The zero-order valence-corrected chi connectivity index (χ0v) is 27.5. The molecule has 1 heterocycles. The lowest BCUT2D eigenvalue weighted by atomic mass is 10.1. The van der Waals surface area contributed by atoms with Crippen LogP contribution in [0, 0.1) is 0 Å². The molecule has 3 rings (SSSR count). The molecule has 6 heteroatoms. The van der Waals surface area contributed by atoms with Gasteiger partial charge < -0.3 is 15.1 Å². The second-order valence-corrected chi connectivity index (χ2v) is 12.6. The van der Waals surface area contributed by atoms with Gasteiger partial charge in [0.15, 0.2) is 12.4 Å². The Kier molecular flexibility index (Phi) is 15.0. The van der Waals surface area contributed by atoms with E-state index in [4.69, 9.17) is 0 Å². The first-order chi connectivity index (χ1) is 20.5. The molecule has 0 radical (unpaired) electrons. The highest BCUT2D eigenvalue weighted by molar-refractivity contribution is 8.76. The standard InChI is InChI=1S/C36H47N4S2/c1-6-31(21-24-37-7-2)17-19-33-13-9-11-15-35(33)38(4)27-29-41-42-30-28-39(5)36-16-12-10-14-34(36)20-18-32-22-25-40(8-3)26-23-32/h6,9-26,37H,7-8,27-30H2,1-5H3/q+1/b19-17+,24-21-,31-6-. The number of allylic oxidation sites excluding steroid dienone is 4. The third-order valence-electron chi connectivity index (χ3n) is 6.92. The molecule has 0 aliphatic heterocycles. The molecule has 0 spiro atoms. The number of hydrogen-bond acceptors (Lipinski definition) is 5. The molecule has 3 aromatic rings. The summed E-state index contributed by atoms with van der Waals surface area (Å²) in [5.74, 6) is 2.15. The predicted octanol–water partition coefficient (Wildman–Crippen LogP) is 8.20. The Morgan fingerprint density at radius 2 is 1.33 bits per heavy atom. The van der Waals surface area contributed by atoms with Gasteiger partial charge in [0.1, 0.15) is 6.54 Å². The normalized spacial score (nSPS) is 12.1. The van der Waals surface area contributed by atoms with Crippen LogP contribution in [0.2, 0.25) is 0 Å². The summed E-state index contributed by atoms with van der Waals surface area (Å²) >= 11 is 0. The topological polar surface area (TPSA) is 22.4 Å². The number of pyridine rings is 1. The number of aromatic nitrogens is 1. The average molecular weight is 600 g/mol. The molecular weight excluding hydrogens is 553 g/mol. The smallest absolute Gasteiger partial charge is 0.169 e. The highest BCUT2D eigenvalue weighted by atomic mass is 33.1. The first-order valence-electron chi connectivity index (χ1n) is 14.8. The van der Waals surface area contributed by atoms with Gasteiger partial charge in [-0.25, -0.2) is 4.57 Å². The molecule has 1 N–H and O–H groups in total. The van der Waals surface area contributed by atoms with Crippen molar-refractivity contribution in [3.8, 4) is 0 Å². The van der Waals surface area contributed by atoms with Gasteiger partial charge in [-0.05, 0) is 67.4 Å². The number of nitrogens with zero attached hydrogens (tertiary/aromatic N) is 3. The highest BCUT2D eigenvalue weighted by Crippen LogP contribution is 2.26. The maximum absolute atomic E-state index is 3.24. The van der Waals surface area contributed by atoms with Crippen LogP contribution in [0.1, 0.15) is 37.5 Å². The second-order valence-electron chi connectivity index (χ2n) is 9.91. The van der Waals surface area contributed by atoms with E-state index in [0.717, 1.165) is 37.7 Å². The van der Waals surface area contributed by atoms with Crippen LogP contribution in [0.15, 0.2) is 103 Å². The van der Waals surface area contributed by atoms with Crippen LogP contribution in [-0.4, -0.2) is 45.2 Å². The Morgan fingerprint density at radius 3 is 1.88 bits per heavy atom. The molecule has 222 valence electrons. The van der Waals surface area contributed by atoms with Gasteiger partial charge in [0.2, 0.25) is 0 Å². The van der Waals surface area contributed by atoms with Crippen molar-refractivity contribution >= 4 is 51.2 Å². The van der Waals surface area contributed by atoms with Crippen LogP contribution in [0.5, 0.6) is 0 Å². The van der Waals surface area contributed by atoms with Crippen LogP contribution < -0.4 is 19.7 Å². The summed E-state index contributed by atoms with van der Waals surface area (Å²) in [5.41, 5.74) is 7.41. The maximum atomic E-state index is 3.24. The van der Waals surface area contributed by atoms with Crippen LogP contribution in [0.25, 0.3) is 18.2 Å². The minimum Gasteiger partial charge on any atom is -0.391 e. The first-order valence-corrected chi connectivity index (χ1v) is 17.3. The molecule has 0 atom stereocenters. The molecule has 0 saturated heterocycles. The zero-order valence-electron chi connectivity index (χ0n) is 25.9. The van der Waals surface area contributed by atoms with Gasteiger partial charge in [0, 0.05) is 68.7 Å². The van der Waals surface area contributed by atoms with Gasteiger partial charge in [-0.1, -0.05) is 88.4 Å². The third kappa shape index (κ3) is 11.1. The number of para-hydroxylation sites is 2. The minimum absolute atomic E-state index is 0.928. The third-order valence-corrected chi connectivity index (χ3v) is 9.29. The number of benzene rings is 2. The fourth-order valence-electron chi connectivity index (χ4n) is 4.34. The number of nitrogens with one attached hydrogen (secondary N) is 1. The zero-order chi connectivity index (χ0) is 30.0. The van der Waals surface area contributed by atoms with Crippen molar-refractivity contribution in [1.29, 1.82) is 0 Å². The van der Waals surface area contributed by atoms with E-state index >= 15 is 0 Å². The Bertz CT molecular complexity index is 1330. The van der Waals surface area contributed by atoms with E-state index in [1.807, 2.05) is 27.8 Å². The molecule has 0 bridgehead atoms. The Hall–Kier alpha value is -3.35. The summed E-state index contributed by atoms with van der Waals surface area (Å²) in [6.07, 6.45) is 19.3. The van der Waals surface area contributed by atoms with Gasteiger partial charge in [0.05, 0.1) is 0 Å². The summed E-state index contributed by atoms with van der Waals surface area (Å²) in [7, 11) is 8.29. The van der Waals surface area contributed by atoms with Crippen molar-refractivity contribution in [2.24, 2.45) is 0 Å². The summed E-state index contributed by atoms with van der Waals surface area (Å²) in [5, 5.41) is 3.24. The van der Waals surface area contributed by atoms with Gasteiger partial charge in [-0.2, -0.15) is 0 Å². The number of aryl methyl sites for hydroxylation is 1. The monoisotopic (exact) mass is 599 g/mol. The fraction of sp³-hybridized carbons (Fsp3) is 0.306. The van der Waals surface area contributed by atoms with E-state index in [2.05, 4.69) is 164 Å². The lowest BCUT2D eigenvalue weighted by molar-refractivity contribution is -0.693. The van der Waals surface area contributed by atoms with Gasteiger partial charge >= 0.3 is 0 Å². The predicted molar refractivity (Wildman–Crippen MR) is 191 cm³/mol. The molecule has 0 amide bonds. The lowest BCUT2D eigenvalue weighted by Gasteiger charge is -2.22. The SMILES string of the molecule is C/C=C(\C=C/NCC)/C=C/c1ccccc1N(C)CCSSCCN(C)c1ccccc1/C=C/c1cc[n+](CC)cc1. The van der Waals surface area contributed by atoms with E-state index in [1.165, 1.54) is 33.6 Å². The molecule has 0 aliphatic rings.